The van der Waals surface area contributed by atoms with E-state index in [0.29, 0.717) is 18.0 Å². The smallest absolute Gasteiger partial charge is 0.243 e. The number of hydrogen-bond acceptors (Lipinski definition) is 3. The first kappa shape index (κ1) is 27.8. The molecule has 3 aromatic carbocycles. The van der Waals surface area contributed by atoms with Gasteiger partial charge in [0.15, 0.2) is 0 Å². The van der Waals surface area contributed by atoms with Gasteiger partial charge in [-0.3, -0.25) is 9.59 Å². The van der Waals surface area contributed by atoms with Gasteiger partial charge in [0.25, 0.3) is 0 Å². The van der Waals surface area contributed by atoms with Crippen molar-refractivity contribution >= 4 is 35.2 Å². The summed E-state index contributed by atoms with van der Waals surface area (Å²) in [6, 6.07) is 25.0. The lowest BCUT2D eigenvalue weighted by Gasteiger charge is -2.32. The molecule has 0 spiro atoms. The molecular weight excluding hydrogens is 488 g/mol. The fraction of sp³-hybridized carbons (Fsp3) is 0.333. The van der Waals surface area contributed by atoms with Crippen LogP contribution in [0.2, 0.25) is 5.02 Å². The van der Waals surface area contributed by atoms with Crippen molar-refractivity contribution in [1.82, 2.24) is 10.2 Å². The van der Waals surface area contributed by atoms with Gasteiger partial charge in [0.05, 0.1) is 5.75 Å². The Morgan fingerprint density at radius 3 is 2.36 bits per heavy atom. The van der Waals surface area contributed by atoms with Crippen LogP contribution in [0.15, 0.2) is 78.9 Å². The lowest BCUT2D eigenvalue weighted by Crippen LogP contribution is -2.52. The van der Waals surface area contributed by atoms with Gasteiger partial charge in [-0.25, -0.2) is 0 Å². The Morgan fingerprint density at radius 2 is 1.67 bits per heavy atom. The first-order chi connectivity index (χ1) is 17.4. The monoisotopic (exact) mass is 522 g/mol. The Balaban J connectivity index is 1.86. The molecule has 2 atom stereocenters. The zero-order chi connectivity index (χ0) is 25.9. The average molecular weight is 523 g/mol. The molecule has 0 saturated carbocycles. The number of amides is 2. The van der Waals surface area contributed by atoms with Gasteiger partial charge < -0.3 is 10.2 Å². The summed E-state index contributed by atoms with van der Waals surface area (Å²) in [5, 5.41) is 3.71. The zero-order valence-corrected chi connectivity index (χ0v) is 22.8. The highest BCUT2D eigenvalue weighted by atomic mass is 35.5. The average Bonchev–Trinajstić information content (AvgIpc) is 2.87. The second-order valence-electron chi connectivity index (χ2n) is 9.09. The van der Waals surface area contributed by atoms with Crippen LogP contribution in [0.25, 0.3) is 0 Å². The van der Waals surface area contributed by atoms with Crippen molar-refractivity contribution in [1.29, 1.82) is 0 Å². The first-order valence-electron chi connectivity index (χ1n) is 12.4. The number of carbonyl (C=O) groups excluding carboxylic acids is 2. The van der Waals surface area contributed by atoms with Crippen LogP contribution in [0, 0.1) is 6.92 Å². The number of benzene rings is 3. The van der Waals surface area contributed by atoms with Crippen LogP contribution in [-0.2, 0) is 28.3 Å². The summed E-state index contributed by atoms with van der Waals surface area (Å²) in [7, 11) is 0. The molecule has 0 aliphatic carbocycles. The maximum Gasteiger partial charge on any atom is 0.243 e. The molecule has 0 heterocycles. The number of thioether (sulfide) groups is 1. The Labute approximate surface area is 224 Å². The third-order valence-electron chi connectivity index (χ3n) is 6.26. The Hall–Kier alpha value is -2.76. The number of halogens is 1. The van der Waals surface area contributed by atoms with Gasteiger partial charge in [-0.15, -0.1) is 11.8 Å². The fourth-order valence-electron chi connectivity index (χ4n) is 3.93. The molecule has 190 valence electrons. The lowest BCUT2D eigenvalue weighted by atomic mass is 10.0. The Kier molecular flexibility index (Phi) is 10.9. The summed E-state index contributed by atoms with van der Waals surface area (Å²) in [4.78, 5) is 28.9. The number of nitrogens with one attached hydrogen (secondary N) is 1. The van der Waals surface area contributed by atoms with Crippen molar-refractivity contribution in [2.24, 2.45) is 0 Å². The molecule has 6 heteroatoms. The molecule has 0 aromatic heterocycles. The number of carbonyl (C=O) groups is 2. The van der Waals surface area contributed by atoms with Crippen molar-refractivity contribution in [3.8, 4) is 0 Å². The molecule has 0 aliphatic heterocycles. The molecule has 4 nitrogen and oxygen atoms in total. The van der Waals surface area contributed by atoms with E-state index in [0.717, 1.165) is 23.3 Å². The SMILES string of the molecule is CC[C@@H](C)NC(=O)[C@@H](Cc1ccccc1)N(Cc1cccc(Cl)c1)C(=O)CSCc1ccccc1C. The van der Waals surface area contributed by atoms with E-state index in [4.69, 9.17) is 11.6 Å². The molecule has 0 saturated heterocycles. The summed E-state index contributed by atoms with van der Waals surface area (Å²) >= 11 is 7.82. The van der Waals surface area contributed by atoms with E-state index in [1.807, 2.05) is 80.6 Å². The van der Waals surface area contributed by atoms with E-state index >= 15 is 0 Å². The van der Waals surface area contributed by atoms with E-state index in [9.17, 15) is 9.59 Å². The summed E-state index contributed by atoms with van der Waals surface area (Å²) in [5.41, 5.74) is 4.34. The second kappa shape index (κ2) is 14.1. The van der Waals surface area contributed by atoms with E-state index in [1.54, 1.807) is 16.7 Å². The molecule has 2 amide bonds. The van der Waals surface area contributed by atoms with Crippen LogP contribution in [0.3, 0.4) is 0 Å². The predicted octanol–water partition coefficient (Wildman–Crippen LogP) is 6.44. The predicted molar refractivity (Wildman–Crippen MR) is 151 cm³/mol. The molecule has 0 unspecified atom stereocenters. The zero-order valence-electron chi connectivity index (χ0n) is 21.2. The maximum absolute atomic E-state index is 13.7. The van der Waals surface area contributed by atoms with Crippen LogP contribution in [0.1, 0.15) is 42.5 Å². The van der Waals surface area contributed by atoms with Gasteiger partial charge >= 0.3 is 0 Å². The minimum atomic E-state index is -0.632. The third kappa shape index (κ3) is 8.42. The molecule has 1 N–H and O–H groups in total. The molecule has 0 radical (unpaired) electrons. The Morgan fingerprint density at radius 1 is 0.972 bits per heavy atom. The normalized spacial score (nSPS) is 12.6. The second-order valence-corrected chi connectivity index (χ2v) is 10.5. The van der Waals surface area contributed by atoms with Gasteiger partial charge in [0.2, 0.25) is 11.8 Å². The van der Waals surface area contributed by atoms with Gasteiger partial charge in [0.1, 0.15) is 6.04 Å². The molecule has 0 bridgehead atoms. The summed E-state index contributed by atoms with van der Waals surface area (Å²) in [5.74, 6) is 0.837. The topological polar surface area (TPSA) is 49.4 Å². The fourth-order valence-corrected chi connectivity index (χ4v) is 5.13. The van der Waals surface area contributed by atoms with E-state index < -0.39 is 6.04 Å². The van der Waals surface area contributed by atoms with Crippen molar-refractivity contribution < 1.29 is 9.59 Å². The van der Waals surface area contributed by atoms with Crippen LogP contribution in [0.4, 0.5) is 0 Å². The van der Waals surface area contributed by atoms with Crippen molar-refractivity contribution in [2.75, 3.05) is 5.75 Å². The molecular formula is C30H35ClN2O2S. The van der Waals surface area contributed by atoms with Crippen molar-refractivity contribution in [2.45, 2.75) is 58.0 Å². The van der Waals surface area contributed by atoms with Crippen LogP contribution in [0.5, 0.6) is 0 Å². The summed E-state index contributed by atoms with van der Waals surface area (Å²) < 4.78 is 0. The van der Waals surface area contributed by atoms with Gasteiger partial charge in [-0.2, -0.15) is 0 Å². The first-order valence-corrected chi connectivity index (χ1v) is 13.9. The van der Waals surface area contributed by atoms with Gasteiger partial charge in [-0.1, -0.05) is 85.3 Å². The summed E-state index contributed by atoms with van der Waals surface area (Å²) in [6.45, 7) is 6.42. The third-order valence-corrected chi connectivity index (χ3v) is 7.46. The highest BCUT2D eigenvalue weighted by Crippen LogP contribution is 2.21. The number of nitrogens with zero attached hydrogens (tertiary/aromatic N) is 1. The molecule has 36 heavy (non-hydrogen) atoms. The number of aryl methyl sites for hydroxylation is 1. The largest absolute Gasteiger partial charge is 0.352 e. The molecule has 0 fully saturated rings. The molecule has 3 rings (SSSR count). The standard InChI is InChI=1S/C30H35ClN2O2S/c1-4-23(3)32-30(35)28(18-24-12-6-5-7-13-24)33(19-25-14-10-16-27(31)17-25)29(34)21-36-20-26-15-9-8-11-22(26)2/h5-17,23,28H,4,18-21H2,1-3H3,(H,32,35)/t23-,28-/m1/s1. The van der Waals surface area contributed by atoms with Crippen molar-refractivity contribution in [3.63, 3.8) is 0 Å². The van der Waals surface area contributed by atoms with E-state index in [2.05, 4.69) is 24.4 Å². The lowest BCUT2D eigenvalue weighted by molar-refractivity contribution is -0.139. The minimum Gasteiger partial charge on any atom is -0.352 e. The van der Waals surface area contributed by atoms with E-state index in [1.165, 1.54) is 11.1 Å². The highest BCUT2D eigenvalue weighted by molar-refractivity contribution is 7.99. The molecule has 0 aliphatic rings. The van der Waals surface area contributed by atoms with E-state index in [-0.39, 0.29) is 23.6 Å². The van der Waals surface area contributed by atoms with Gasteiger partial charge in [-0.05, 0) is 54.7 Å². The maximum atomic E-state index is 13.7. The Bertz CT molecular complexity index is 1140. The minimum absolute atomic E-state index is 0.0225. The van der Waals surface area contributed by atoms with Crippen molar-refractivity contribution in [3.05, 3.63) is 106 Å². The summed E-state index contributed by atoms with van der Waals surface area (Å²) in [6.07, 6.45) is 1.26. The quantitative estimate of drug-likeness (QED) is 0.298. The molecule has 3 aromatic rings. The van der Waals surface area contributed by atoms with Crippen LogP contribution < -0.4 is 5.32 Å². The number of hydrogen-bond donors (Lipinski definition) is 1. The van der Waals surface area contributed by atoms with Crippen LogP contribution >= 0.6 is 23.4 Å². The van der Waals surface area contributed by atoms with Crippen LogP contribution in [-0.4, -0.2) is 34.6 Å². The van der Waals surface area contributed by atoms with Gasteiger partial charge in [0, 0.05) is 29.8 Å². The number of rotatable bonds is 12. The highest BCUT2D eigenvalue weighted by Gasteiger charge is 2.31.